The van der Waals surface area contributed by atoms with Gasteiger partial charge < -0.3 is 14.5 Å². The molecule has 0 aromatic heterocycles. The van der Waals surface area contributed by atoms with Gasteiger partial charge in [-0.15, -0.1) is 0 Å². The van der Waals surface area contributed by atoms with Gasteiger partial charge in [0.2, 0.25) is 5.91 Å². The highest BCUT2D eigenvalue weighted by Gasteiger charge is 2.39. The third-order valence-electron chi connectivity index (χ3n) is 4.01. The van der Waals surface area contributed by atoms with Crippen molar-refractivity contribution in [3.63, 3.8) is 0 Å². The van der Waals surface area contributed by atoms with Gasteiger partial charge in [-0.2, -0.15) is 0 Å². The summed E-state index contributed by atoms with van der Waals surface area (Å²) in [5, 5.41) is 0.647. The van der Waals surface area contributed by atoms with E-state index in [1.807, 2.05) is 4.90 Å². The molecule has 7 heteroatoms. The zero-order valence-corrected chi connectivity index (χ0v) is 14.4. The van der Waals surface area contributed by atoms with Gasteiger partial charge in [0.25, 0.3) is 0 Å². The van der Waals surface area contributed by atoms with Gasteiger partial charge in [-0.1, -0.05) is 13.8 Å². The Balaban J connectivity index is 1.92. The second-order valence-corrected chi connectivity index (χ2v) is 6.60. The van der Waals surface area contributed by atoms with Crippen molar-refractivity contribution in [2.45, 2.75) is 39.7 Å². The molecule has 2 heterocycles. The van der Waals surface area contributed by atoms with Gasteiger partial charge in [0.05, 0.1) is 13.2 Å². The number of rotatable bonds is 4. The van der Waals surface area contributed by atoms with Crippen LogP contribution in [0.25, 0.3) is 0 Å². The Kier molecular flexibility index (Phi) is 5.61. The van der Waals surface area contributed by atoms with Crippen molar-refractivity contribution in [1.82, 2.24) is 14.7 Å². The molecule has 0 saturated carbocycles. The first-order chi connectivity index (χ1) is 10.4. The minimum Gasteiger partial charge on any atom is -0.450 e. The van der Waals surface area contributed by atoms with Gasteiger partial charge in [-0.3, -0.25) is 9.69 Å². The van der Waals surface area contributed by atoms with Crippen LogP contribution in [0, 0.1) is 5.92 Å². The van der Waals surface area contributed by atoms with Crippen LogP contribution in [-0.2, 0) is 9.53 Å². The highest BCUT2D eigenvalue weighted by Crippen LogP contribution is 2.23. The highest BCUT2D eigenvalue weighted by molar-refractivity contribution is 7.80. The zero-order valence-electron chi connectivity index (χ0n) is 13.6. The summed E-state index contributed by atoms with van der Waals surface area (Å²) >= 11 is 5.49. The summed E-state index contributed by atoms with van der Waals surface area (Å²) < 4.78 is 5.02. The molecule has 0 radical (unpaired) electrons. The summed E-state index contributed by atoms with van der Waals surface area (Å²) in [7, 11) is 0. The van der Waals surface area contributed by atoms with Crippen LogP contribution in [0.15, 0.2) is 0 Å². The van der Waals surface area contributed by atoms with Crippen molar-refractivity contribution in [2.24, 2.45) is 5.92 Å². The van der Waals surface area contributed by atoms with Gasteiger partial charge in [0, 0.05) is 25.7 Å². The van der Waals surface area contributed by atoms with Crippen LogP contribution in [-0.4, -0.2) is 70.6 Å². The third kappa shape index (κ3) is 3.69. The summed E-state index contributed by atoms with van der Waals surface area (Å²) in [6, 6.07) is 0.0999. The number of amides is 2. The van der Waals surface area contributed by atoms with E-state index in [9.17, 15) is 9.59 Å². The molecule has 0 bridgehead atoms. The number of carbonyl (C=O) groups is 2. The number of hydrogen-bond donors (Lipinski definition) is 0. The SMILES string of the molecule is CCOC(=O)N1CCC(N2C(=O)CN(CC(C)C)C2=S)CC1. The van der Waals surface area contributed by atoms with E-state index in [4.69, 9.17) is 17.0 Å². The predicted molar refractivity (Wildman–Crippen MR) is 87.5 cm³/mol. The number of carbonyl (C=O) groups excluding carboxylic acids is 2. The fourth-order valence-corrected chi connectivity index (χ4v) is 3.42. The smallest absolute Gasteiger partial charge is 0.409 e. The molecule has 0 aromatic rings. The summed E-state index contributed by atoms with van der Waals surface area (Å²) in [6.07, 6.45) is 1.23. The summed E-state index contributed by atoms with van der Waals surface area (Å²) in [4.78, 5) is 29.5. The zero-order chi connectivity index (χ0) is 16.3. The van der Waals surface area contributed by atoms with Crippen LogP contribution in [0.2, 0.25) is 0 Å². The summed E-state index contributed by atoms with van der Waals surface area (Å²) in [5.41, 5.74) is 0. The van der Waals surface area contributed by atoms with E-state index in [-0.39, 0.29) is 18.0 Å². The molecule has 6 nitrogen and oxygen atoms in total. The molecule has 124 valence electrons. The Morgan fingerprint density at radius 2 is 2.00 bits per heavy atom. The fourth-order valence-electron chi connectivity index (χ4n) is 3.03. The van der Waals surface area contributed by atoms with E-state index in [0.717, 1.165) is 19.4 Å². The van der Waals surface area contributed by atoms with Crippen LogP contribution < -0.4 is 0 Å². The normalized spacial score (nSPS) is 20.3. The highest BCUT2D eigenvalue weighted by atomic mass is 32.1. The van der Waals surface area contributed by atoms with Gasteiger partial charge in [-0.25, -0.2) is 4.79 Å². The van der Waals surface area contributed by atoms with Crippen molar-refractivity contribution < 1.29 is 14.3 Å². The van der Waals surface area contributed by atoms with E-state index < -0.39 is 0 Å². The lowest BCUT2D eigenvalue weighted by molar-refractivity contribution is -0.127. The average molecular weight is 327 g/mol. The monoisotopic (exact) mass is 327 g/mol. The topological polar surface area (TPSA) is 53.1 Å². The summed E-state index contributed by atoms with van der Waals surface area (Å²) in [5.74, 6) is 0.552. The van der Waals surface area contributed by atoms with E-state index in [0.29, 0.717) is 37.3 Å². The molecule has 2 aliphatic rings. The van der Waals surface area contributed by atoms with Crippen molar-refractivity contribution in [2.75, 3.05) is 32.8 Å². The minimum atomic E-state index is -0.266. The molecular weight excluding hydrogens is 302 g/mol. The van der Waals surface area contributed by atoms with Crippen LogP contribution in [0.1, 0.15) is 33.6 Å². The van der Waals surface area contributed by atoms with E-state index in [1.165, 1.54) is 0 Å². The molecule has 2 aliphatic heterocycles. The Labute approximate surface area is 137 Å². The standard InChI is InChI=1S/C15H25N3O3S/c1-4-21-15(20)16-7-5-12(6-8-16)18-13(19)10-17(14(18)22)9-11(2)3/h11-12H,4-10H2,1-3H3. The van der Waals surface area contributed by atoms with Gasteiger partial charge in [0.1, 0.15) is 0 Å². The Morgan fingerprint density at radius 1 is 1.36 bits per heavy atom. The Morgan fingerprint density at radius 3 is 2.55 bits per heavy atom. The largest absolute Gasteiger partial charge is 0.450 e. The average Bonchev–Trinajstić information content (AvgIpc) is 2.73. The first-order valence-corrected chi connectivity index (χ1v) is 8.37. The summed E-state index contributed by atoms with van der Waals surface area (Å²) in [6.45, 7) is 8.84. The molecule has 0 aliphatic carbocycles. The van der Waals surface area contributed by atoms with Crippen molar-refractivity contribution in [3.05, 3.63) is 0 Å². The lowest BCUT2D eigenvalue weighted by Crippen LogP contribution is -2.49. The van der Waals surface area contributed by atoms with Crippen LogP contribution in [0.4, 0.5) is 4.79 Å². The molecule has 2 rings (SSSR count). The fraction of sp³-hybridized carbons (Fsp3) is 0.800. The molecule has 0 aromatic carbocycles. The van der Waals surface area contributed by atoms with Gasteiger partial charge >= 0.3 is 6.09 Å². The molecule has 2 fully saturated rings. The van der Waals surface area contributed by atoms with Crippen LogP contribution in [0.3, 0.4) is 0 Å². The number of likely N-dealkylation sites (tertiary alicyclic amines) is 1. The maximum atomic E-state index is 12.3. The van der Waals surface area contributed by atoms with E-state index in [2.05, 4.69) is 13.8 Å². The van der Waals surface area contributed by atoms with Gasteiger partial charge in [0.15, 0.2) is 5.11 Å². The Hall–Kier alpha value is -1.37. The molecule has 2 saturated heterocycles. The number of thiocarbonyl (C=S) groups is 1. The van der Waals surface area contributed by atoms with Gasteiger partial charge in [-0.05, 0) is 37.9 Å². The number of hydrogen-bond acceptors (Lipinski definition) is 4. The molecule has 0 atom stereocenters. The van der Waals surface area contributed by atoms with E-state index in [1.54, 1.807) is 16.7 Å². The van der Waals surface area contributed by atoms with E-state index >= 15 is 0 Å². The first-order valence-electron chi connectivity index (χ1n) is 7.96. The molecule has 0 spiro atoms. The number of piperidine rings is 1. The number of ether oxygens (including phenoxy) is 1. The predicted octanol–water partition coefficient (Wildman–Crippen LogP) is 1.69. The molecule has 0 unspecified atom stereocenters. The second kappa shape index (κ2) is 7.26. The second-order valence-electron chi connectivity index (χ2n) is 6.24. The molecule has 2 amide bonds. The Bertz CT molecular complexity index is 447. The molecule has 22 heavy (non-hydrogen) atoms. The molecular formula is C15H25N3O3S. The molecule has 0 N–H and O–H groups in total. The lowest BCUT2D eigenvalue weighted by Gasteiger charge is -2.36. The third-order valence-corrected chi connectivity index (χ3v) is 4.47. The van der Waals surface area contributed by atoms with Crippen LogP contribution >= 0.6 is 12.2 Å². The van der Waals surface area contributed by atoms with Crippen molar-refractivity contribution >= 4 is 29.3 Å². The maximum Gasteiger partial charge on any atom is 0.409 e. The van der Waals surface area contributed by atoms with Crippen molar-refractivity contribution in [3.8, 4) is 0 Å². The first kappa shape index (κ1) is 17.0. The minimum absolute atomic E-state index is 0.0836. The lowest BCUT2D eigenvalue weighted by atomic mass is 10.0. The maximum absolute atomic E-state index is 12.3. The quantitative estimate of drug-likeness (QED) is 0.736. The number of nitrogens with zero attached hydrogens (tertiary/aromatic N) is 3. The van der Waals surface area contributed by atoms with Crippen LogP contribution in [0.5, 0.6) is 0 Å². The van der Waals surface area contributed by atoms with Crippen molar-refractivity contribution in [1.29, 1.82) is 0 Å².